The summed E-state index contributed by atoms with van der Waals surface area (Å²) in [4.78, 5) is 0. The highest BCUT2D eigenvalue weighted by molar-refractivity contribution is 9.10. The van der Waals surface area contributed by atoms with Crippen LogP contribution in [-0.2, 0) is 0 Å². The minimum absolute atomic E-state index is 0.00248. The Morgan fingerprint density at radius 2 is 1.95 bits per heavy atom. The van der Waals surface area contributed by atoms with E-state index in [1.807, 2.05) is 0 Å². The van der Waals surface area contributed by atoms with Crippen molar-refractivity contribution < 1.29 is 9.13 Å². The lowest BCUT2D eigenvalue weighted by atomic mass is 10.0. The molecule has 4 heteroatoms. The summed E-state index contributed by atoms with van der Waals surface area (Å²) in [5.74, 6) is 0.601. The zero-order valence-corrected chi connectivity index (χ0v) is 13.8. The molecule has 0 radical (unpaired) electrons. The summed E-state index contributed by atoms with van der Waals surface area (Å²) in [5, 5.41) is 3.42. The van der Waals surface area contributed by atoms with Gasteiger partial charge in [0.25, 0.3) is 0 Å². The van der Waals surface area contributed by atoms with Crippen LogP contribution in [0.25, 0.3) is 0 Å². The molecule has 1 N–H and O–H groups in total. The maximum absolute atomic E-state index is 13.3. The van der Waals surface area contributed by atoms with Crippen molar-refractivity contribution in [2.24, 2.45) is 5.92 Å². The summed E-state index contributed by atoms with van der Waals surface area (Å²) in [7, 11) is 0. The second-order valence-corrected chi connectivity index (χ2v) is 6.96. The van der Waals surface area contributed by atoms with Gasteiger partial charge in [0, 0.05) is 18.2 Å². The lowest BCUT2D eigenvalue weighted by Gasteiger charge is -2.28. The molecule has 0 aromatic heterocycles. The van der Waals surface area contributed by atoms with Gasteiger partial charge in [-0.3, -0.25) is 0 Å². The normalized spacial score (nSPS) is 13.7. The first-order chi connectivity index (χ1) is 8.69. The van der Waals surface area contributed by atoms with E-state index in [1.54, 1.807) is 6.07 Å². The largest absolute Gasteiger partial charge is 0.488 e. The Morgan fingerprint density at radius 1 is 1.32 bits per heavy atom. The maximum Gasteiger partial charge on any atom is 0.136 e. The second-order valence-electron chi connectivity index (χ2n) is 6.11. The molecule has 19 heavy (non-hydrogen) atoms. The van der Waals surface area contributed by atoms with E-state index in [-0.39, 0.29) is 17.5 Å². The number of halogens is 2. The van der Waals surface area contributed by atoms with Crippen LogP contribution in [0.1, 0.15) is 34.6 Å². The molecule has 2 nitrogen and oxygen atoms in total. The number of hydrogen-bond acceptors (Lipinski definition) is 2. The van der Waals surface area contributed by atoms with Crippen molar-refractivity contribution in [2.45, 2.75) is 46.3 Å². The third kappa shape index (κ3) is 5.91. The molecule has 0 saturated carbocycles. The molecule has 1 aromatic carbocycles. The summed E-state index contributed by atoms with van der Waals surface area (Å²) < 4.78 is 20.0. The second kappa shape index (κ2) is 6.71. The fourth-order valence-electron chi connectivity index (χ4n) is 1.55. The predicted molar refractivity (Wildman–Crippen MR) is 81.1 cm³/mol. The molecule has 0 saturated heterocycles. The van der Waals surface area contributed by atoms with Crippen LogP contribution >= 0.6 is 15.9 Å². The van der Waals surface area contributed by atoms with E-state index in [0.717, 1.165) is 11.0 Å². The lowest BCUT2D eigenvalue weighted by molar-refractivity contribution is 0.138. The van der Waals surface area contributed by atoms with Gasteiger partial charge in [-0.15, -0.1) is 0 Å². The van der Waals surface area contributed by atoms with E-state index >= 15 is 0 Å². The van der Waals surface area contributed by atoms with Gasteiger partial charge in [0.05, 0.1) is 4.47 Å². The van der Waals surface area contributed by atoms with E-state index in [1.165, 1.54) is 12.1 Å². The zero-order chi connectivity index (χ0) is 14.6. The number of rotatable bonds is 5. The SMILES string of the molecule is CC(C)C(CNC(C)(C)C)Oc1cc(F)ccc1Br. The van der Waals surface area contributed by atoms with Gasteiger partial charge in [0.15, 0.2) is 0 Å². The first-order valence-corrected chi connectivity index (χ1v) is 7.35. The van der Waals surface area contributed by atoms with Crippen molar-refractivity contribution in [3.8, 4) is 5.75 Å². The molecule has 108 valence electrons. The molecule has 1 atom stereocenters. The highest BCUT2D eigenvalue weighted by Gasteiger charge is 2.19. The summed E-state index contributed by atoms with van der Waals surface area (Å²) in [5.41, 5.74) is 0.0374. The van der Waals surface area contributed by atoms with Gasteiger partial charge in [-0.05, 0) is 54.8 Å². The molecule has 0 heterocycles. The van der Waals surface area contributed by atoms with Crippen LogP contribution in [0.2, 0.25) is 0 Å². The van der Waals surface area contributed by atoms with Gasteiger partial charge in [0.1, 0.15) is 17.7 Å². The standard InChI is InChI=1S/C15H23BrFNO/c1-10(2)14(9-18-15(3,4)5)19-13-8-11(17)6-7-12(13)16/h6-8,10,14,18H,9H2,1-5H3. The fraction of sp³-hybridized carbons (Fsp3) is 0.600. The highest BCUT2D eigenvalue weighted by Crippen LogP contribution is 2.27. The molecule has 0 aliphatic rings. The summed E-state index contributed by atoms with van der Waals surface area (Å²) >= 11 is 3.39. The molecular weight excluding hydrogens is 309 g/mol. The topological polar surface area (TPSA) is 21.3 Å². The average Bonchev–Trinajstić information content (AvgIpc) is 2.27. The predicted octanol–water partition coefficient (Wildman–Crippen LogP) is 4.38. The van der Waals surface area contributed by atoms with Crippen LogP contribution in [0.4, 0.5) is 4.39 Å². The van der Waals surface area contributed by atoms with E-state index in [2.05, 4.69) is 55.9 Å². The number of nitrogens with one attached hydrogen (secondary N) is 1. The number of benzene rings is 1. The molecule has 1 unspecified atom stereocenters. The molecule has 0 aliphatic heterocycles. The van der Waals surface area contributed by atoms with Gasteiger partial charge in [0.2, 0.25) is 0 Å². The van der Waals surface area contributed by atoms with Crippen LogP contribution in [-0.4, -0.2) is 18.2 Å². The molecule has 0 fully saturated rings. The molecule has 0 spiro atoms. The van der Waals surface area contributed by atoms with Crippen LogP contribution < -0.4 is 10.1 Å². The quantitative estimate of drug-likeness (QED) is 0.864. The maximum atomic E-state index is 13.3. The van der Waals surface area contributed by atoms with Crippen molar-refractivity contribution in [1.29, 1.82) is 0 Å². The monoisotopic (exact) mass is 331 g/mol. The van der Waals surface area contributed by atoms with E-state index in [4.69, 9.17) is 4.74 Å². The first-order valence-electron chi connectivity index (χ1n) is 6.56. The van der Waals surface area contributed by atoms with Crippen LogP contribution in [0.3, 0.4) is 0 Å². The van der Waals surface area contributed by atoms with Crippen LogP contribution in [0, 0.1) is 11.7 Å². The van der Waals surface area contributed by atoms with Crippen molar-refractivity contribution >= 4 is 15.9 Å². The first kappa shape index (κ1) is 16.4. The van der Waals surface area contributed by atoms with Crippen LogP contribution in [0.15, 0.2) is 22.7 Å². The van der Waals surface area contributed by atoms with E-state index < -0.39 is 0 Å². The zero-order valence-electron chi connectivity index (χ0n) is 12.3. The molecule has 0 aliphatic carbocycles. The summed E-state index contributed by atoms with van der Waals surface area (Å²) in [6.07, 6.45) is -0.00248. The molecule has 0 bridgehead atoms. The van der Waals surface area contributed by atoms with Crippen molar-refractivity contribution in [2.75, 3.05) is 6.54 Å². The Balaban J connectivity index is 2.75. The minimum atomic E-state index is -0.288. The number of hydrogen-bond donors (Lipinski definition) is 1. The lowest BCUT2D eigenvalue weighted by Crippen LogP contribution is -2.44. The third-order valence-corrected chi connectivity index (χ3v) is 3.40. The van der Waals surface area contributed by atoms with Crippen molar-refractivity contribution in [3.63, 3.8) is 0 Å². The highest BCUT2D eigenvalue weighted by atomic mass is 79.9. The summed E-state index contributed by atoms with van der Waals surface area (Å²) in [6, 6.07) is 4.49. The summed E-state index contributed by atoms with van der Waals surface area (Å²) in [6.45, 7) is 11.3. The Kier molecular flexibility index (Phi) is 5.81. The fourth-order valence-corrected chi connectivity index (χ4v) is 1.89. The Hall–Kier alpha value is -0.610. The third-order valence-electron chi connectivity index (χ3n) is 2.75. The van der Waals surface area contributed by atoms with Gasteiger partial charge in [-0.2, -0.15) is 0 Å². The number of ether oxygens (including phenoxy) is 1. The van der Waals surface area contributed by atoms with Crippen LogP contribution in [0.5, 0.6) is 5.75 Å². The Labute approximate surface area is 123 Å². The van der Waals surface area contributed by atoms with Gasteiger partial charge in [-0.25, -0.2) is 4.39 Å². The van der Waals surface area contributed by atoms with E-state index in [0.29, 0.717) is 11.7 Å². The van der Waals surface area contributed by atoms with Crippen molar-refractivity contribution in [1.82, 2.24) is 5.32 Å². The molecular formula is C15H23BrFNO. The van der Waals surface area contributed by atoms with Gasteiger partial charge >= 0.3 is 0 Å². The average molecular weight is 332 g/mol. The smallest absolute Gasteiger partial charge is 0.136 e. The van der Waals surface area contributed by atoms with Gasteiger partial charge in [-0.1, -0.05) is 13.8 Å². The van der Waals surface area contributed by atoms with E-state index in [9.17, 15) is 4.39 Å². The molecule has 0 amide bonds. The van der Waals surface area contributed by atoms with Gasteiger partial charge < -0.3 is 10.1 Å². The Bertz CT molecular complexity index is 415. The van der Waals surface area contributed by atoms with Crippen molar-refractivity contribution in [3.05, 3.63) is 28.5 Å². The molecule has 1 aromatic rings. The Morgan fingerprint density at radius 3 is 2.47 bits per heavy atom. The minimum Gasteiger partial charge on any atom is -0.488 e. The molecule has 1 rings (SSSR count).